The molecule has 0 amide bonds. The Balaban J connectivity index is 0.00000306. The SMILES string of the molecule is CCCCC([CH-]c1ccccc1)C([O-])N(C)[C@H](c1ccccc1)[C@@H](c1ccccc1)N(C)C.[Li+].[Li+]. The fourth-order valence-corrected chi connectivity index (χ4v) is 4.72. The van der Waals surface area contributed by atoms with Crippen LogP contribution < -0.4 is 42.8 Å². The summed E-state index contributed by atoms with van der Waals surface area (Å²) in [7, 11) is 6.21. The van der Waals surface area contributed by atoms with Gasteiger partial charge < -0.3 is 14.9 Å². The molecule has 0 aromatic heterocycles. The van der Waals surface area contributed by atoms with Gasteiger partial charge in [0.2, 0.25) is 0 Å². The Morgan fingerprint density at radius 1 is 0.714 bits per heavy atom. The predicted molar refractivity (Wildman–Crippen MR) is 136 cm³/mol. The molecule has 0 saturated heterocycles. The van der Waals surface area contributed by atoms with Crippen molar-refractivity contribution >= 4 is 0 Å². The van der Waals surface area contributed by atoms with Gasteiger partial charge in [-0.2, -0.15) is 24.1 Å². The number of rotatable bonds is 12. The summed E-state index contributed by atoms with van der Waals surface area (Å²) in [6.07, 6.45) is 4.35. The van der Waals surface area contributed by atoms with E-state index in [1.54, 1.807) is 0 Å². The van der Waals surface area contributed by atoms with Crippen molar-refractivity contribution in [1.82, 2.24) is 9.80 Å². The molecule has 0 aliphatic heterocycles. The van der Waals surface area contributed by atoms with Crippen LogP contribution in [0.5, 0.6) is 0 Å². The van der Waals surface area contributed by atoms with Gasteiger partial charge in [0.25, 0.3) is 0 Å². The minimum atomic E-state index is -0.854. The minimum Gasteiger partial charge on any atom is -0.841 e. The molecule has 3 nitrogen and oxygen atoms in total. The van der Waals surface area contributed by atoms with E-state index in [4.69, 9.17) is 0 Å². The van der Waals surface area contributed by atoms with Crippen LogP contribution in [0.15, 0.2) is 91.0 Å². The zero-order valence-corrected chi connectivity index (χ0v) is 22.5. The van der Waals surface area contributed by atoms with Crippen molar-refractivity contribution in [1.29, 1.82) is 0 Å². The number of nitrogens with zero attached hydrogens (tertiary/aromatic N) is 2. The van der Waals surface area contributed by atoms with Gasteiger partial charge in [-0.25, -0.2) is 0 Å². The third-order valence-corrected chi connectivity index (χ3v) is 6.44. The van der Waals surface area contributed by atoms with Crippen molar-refractivity contribution in [3.63, 3.8) is 0 Å². The van der Waals surface area contributed by atoms with Gasteiger partial charge in [0, 0.05) is 0 Å². The van der Waals surface area contributed by atoms with E-state index in [-0.39, 0.29) is 55.7 Å². The fraction of sp³-hybridized carbons (Fsp3) is 0.367. The van der Waals surface area contributed by atoms with Gasteiger partial charge in [-0.1, -0.05) is 105 Å². The molecule has 0 bridgehead atoms. The molecule has 0 aliphatic carbocycles. The number of benzene rings is 3. The summed E-state index contributed by atoms with van der Waals surface area (Å²) in [6, 6.07) is 31.3. The Hall–Kier alpha value is -1.40. The molecule has 0 spiro atoms. The van der Waals surface area contributed by atoms with Gasteiger partial charge in [-0.15, -0.1) is 12.1 Å². The largest absolute Gasteiger partial charge is 1.00 e. The quantitative estimate of drug-likeness (QED) is 0.213. The van der Waals surface area contributed by atoms with Crippen LogP contribution in [0, 0.1) is 12.3 Å². The summed E-state index contributed by atoms with van der Waals surface area (Å²) in [5.41, 5.74) is 3.50. The summed E-state index contributed by atoms with van der Waals surface area (Å²) >= 11 is 0. The van der Waals surface area contributed by atoms with Crippen molar-refractivity contribution in [2.45, 2.75) is 44.5 Å². The first-order valence-corrected chi connectivity index (χ1v) is 12.1. The van der Waals surface area contributed by atoms with E-state index in [0.717, 1.165) is 30.4 Å². The average molecular weight is 457 g/mol. The monoisotopic (exact) mass is 456 g/mol. The fourth-order valence-electron chi connectivity index (χ4n) is 4.72. The van der Waals surface area contributed by atoms with Gasteiger partial charge >= 0.3 is 37.7 Å². The molecule has 3 aromatic rings. The Labute approximate surface area is 237 Å². The molecule has 176 valence electrons. The Bertz CT molecular complexity index is 925. The standard InChI is InChI=1S/C30H38N2O.2Li/c1-5-6-18-27(23-24-16-10-7-11-17-24)30(33)32(4)29(26-21-14-9-15-22-26)28(31(2)3)25-19-12-8-13-20-25;;/h7-17,19-23,27-30H,5-6,18H2,1-4H3;;/q-2;2*+1/t27?,28-,29-,30?;;/m1../s1. The van der Waals surface area contributed by atoms with Crippen molar-refractivity contribution in [2.75, 3.05) is 21.1 Å². The van der Waals surface area contributed by atoms with E-state index in [1.807, 2.05) is 37.4 Å². The van der Waals surface area contributed by atoms with Crippen LogP contribution in [0.25, 0.3) is 0 Å². The second-order valence-corrected chi connectivity index (χ2v) is 9.11. The van der Waals surface area contributed by atoms with Crippen molar-refractivity contribution in [2.24, 2.45) is 5.92 Å². The summed E-state index contributed by atoms with van der Waals surface area (Å²) < 4.78 is 0. The van der Waals surface area contributed by atoms with Gasteiger partial charge in [0.15, 0.2) is 0 Å². The van der Waals surface area contributed by atoms with E-state index in [9.17, 15) is 5.11 Å². The summed E-state index contributed by atoms with van der Waals surface area (Å²) in [5, 5.41) is 14.1. The van der Waals surface area contributed by atoms with E-state index in [0.29, 0.717) is 0 Å². The van der Waals surface area contributed by atoms with Crippen molar-refractivity contribution in [3.8, 4) is 0 Å². The Morgan fingerprint density at radius 2 is 1.17 bits per heavy atom. The molecule has 3 rings (SSSR count). The normalized spacial score (nSPS) is 14.4. The molecule has 0 heterocycles. The zero-order valence-electron chi connectivity index (χ0n) is 22.5. The molecular formula is C30H38Li2N2O. The molecule has 4 atom stereocenters. The number of likely N-dealkylation sites (N-methyl/N-ethyl adjacent to an activating group) is 2. The second kappa shape index (κ2) is 16.4. The molecule has 5 heteroatoms. The van der Waals surface area contributed by atoms with Crippen LogP contribution in [0.2, 0.25) is 0 Å². The minimum absolute atomic E-state index is 0. The van der Waals surface area contributed by atoms with Gasteiger partial charge in [-0.05, 0) is 32.3 Å². The molecule has 2 unspecified atom stereocenters. The number of unbranched alkanes of at least 4 members (excludes halogenated alkanes) is 1. The molecule has 35 heavy (non-hydrogen) atoms. The average Bonchev–Trinajstić information content (AvgIpc) is 2.85. The molecule has 0 radical (unpaired) electrons. The molecule has 0 saturated carbocycles. The van der Waals surface area contributed by atoms with Crippen LogP contribution in [-0.4, -0.2) is 37.2 Å². The van der Waals surface area contributed by atoms with Gasteiger partial charge in [-0.3, -0.25) is 0 Å². The maximum atomic E-state index is 14.1. The molecular weight excluding hydrogens is 418 g/mol. The summed E-state index contributed by atoms with van der Waals surface area (Å²) in [4.78, 5) is 4.30. The van der Waals surface area contributed by atoms with E-state index in [1.165, 1.54) is 5.56 Å². The van der Waals surface area contributed by atoms with E-state index in [2.05, 4.69) is 97.9 Å². The zero-order chi connectivity index (χ0) is 23.6. The van der Waals surface area contributed by atoms with Gasteiger partial charge in [0.1, 0.15) is 0 Å². The van der Waals surface area contributed by atoms with Crippen molar-refractivity contribution in [3.05, 3.63) is 114 Å². The van der Waals surface area contributed by atoms with Crippen LogP contribution in [0.4, 0.5) is 0 Å². The summed E-state index contributed by atoms with van der Waals surface area (Å²) in [6.45, 7) is 2.19. The summed E-state index contributed by atoms with van der Waals surface area (Å²) in [5.74, 6) is -0.0675. The van der Waals surface area contributed by atoms with Crippen LogP contribution in [0.3, 0.4) is 0 Å². The van der Waals surface area contributed by atoms with Crippen LogP contribution in [0.1, 0.15) is 55.0 Å². The van der Waals surface area contributed by atoms with Crippen LogP contribution in [-0.2, 0) is 0 Å². The van der Waals surface area contributed by atoms with Gasteiger partial charge in [0.05, 0.1) is 12.1 Å². The number of hydrogen-bond donors (Lipinski definition) is 0. The number of hydrogen-bond acceptors (Lipinski definition) is 3. The first-order chi connectivity index (χ1) is 16.0. The van der Waals surface area contributed by atoms with Crippen molar-refractivity contribution < 1.29 is 42.8 Å². The van der Waals surface area contributed by atoms with E-state index >= 15 is 0 Å². The second-order valence-electron chi connectivity index (χ2n) is 9.11. The Kier molecular flexibility index (Phi) is 14.8. The predicted octanol–water partition coefficient (Wildman–Crippen LogP) is -0.284. The van der Waals surface area contributed by atoms with Crippen LogP contribution >= 0.6 is 0 Å². The maximum Gasteiger partial charge on any atom is 1.00 e. The smallest absolute Gasteiger partial charge is 0.841 e. The Morgan fingerprint density at radius 3 is 1.63 bits per heavy atom. The molecule has 3 aromatic carbocycles. The first kappa shape index (κ1) is 31.6. The third-order valence-electron chi connectivity index (χ3n) is 6.44. The molecule has 0 aliphatic rings. The topological polar surface area (TPSA) is 29.5 Å². The first-order valence-electron chi connectivity index (χ1n) is 12.1. The molecule has 0 N–H and O–H groups in total. The molecule has 0 fully saturated rings. The maximum absolute atomic E-state index is 14.1. The van der Waals surface area contributed by atoms with E-state index < -0.39 is 6.23 Å². The third kappa shape index (κ3) is 8.89.